The molecule has 3 heteroatoms. The van der Waals surface area contributed by atoms with Gasteiger partial charge in [-0.15, -0.1) is 11.6 Å². The zero-order chi connectivity index (χ0) is 13.6. The predicted molar refractivity (Wildman–Crippen MR) is 78.1 cm³/mol. The van der Waals surface area contributed by atoms with E-state index in [0.717, 1.165) is 31.2 Å². The molecule has 0 spiro atoms. The summed E-state index contributed by atoms with van der Waals surface area (Å²) >= 11 is 11.9. The Hall–Kier alpha value is -0.270. The molecular weight excluding hydrogens is 270 g/mol. The SMILES string of the molecule is CCCCC(CC)(CCl)Cc1ccc(Cl)cc1F. The Kier molecular flexibility index (Phi) is 6.45. The fourth-order valence-electron chi connectivity index (χ4n) is 2.22. The average Bonchev–Trinajstić information content (AvgIpc) is 2.37. The van der Waals surface area contributed by atoms with Gasteiger partial charge in [0, 0.05) is 10.9 Å². The maximum absolute atomic E-state index is 13.8. The molecule has 0 saturated carbocycles. The lowest BCUT2D eigenvalue weighted by molar-refractivity contribution is 0.275. The Morgan fingerprint density at radius 1 is 1.28 bits per heavy atom. The summed E-state index contributed by atoms with van der Waals surface area (Å²) in [5, 5.41) is 0.442. The van der Waals surface area contributed by atoms with E-state index in [-0.39, 0.29) is 11.2 Å². The molecular formula is C15H21Cl2F. The summed E-state index contributed by atoms with van der Waals surface area (Å²) in [6, 6.07) is 4.90. The van der Waals surface area contributed by atoms with E-state index in [4.69, 9.17) is 23.2 Å². The topological polar surface area (TPSA) is 0 Å². The van der Waals surface area contributed by atoms with Crippen molar-refractivity contribution in [2.45, 2.75) is 46.0 Å². The van der Waals surface area contributed by atoms with Gasteiger partial charge in [-0.1, -0.05) is 44.4 Å². The van der Waals surface area contributed by atoms with Crippen LogP contribution in [-0.4, -0.2) is 5.88 Å². The van der Waals surface area contributed by atoms with Gasteiger partial charge in [0.25, 0.3) is 0 Å². The molecule has 0 radical (unpaired) electrons. The third kappa shape index (κ3) is 4.13. The van der Waals surface area contributed by atoms with Crippen molar-refractivity contribution in [3.8, 4) is 0 Å². The lowest BCUT2D eigenvalue weighted by Gasteiger charge is -2.31. The summed E-state index contributed by atoms with van der Waals surface area (Å²) in [5.41, 5.74) is 0.727. The Morgan fingerprint density at radius 3 is 2.50 bits per heavy atom. The zero-order valence-corrected chi connectivity index (χ0v) is 12.6. The Balaban J connectivity index is 2.88. The second-order valence-corrected chi connectivity index (χ2v) is 5.71. The third-order valence-corrected chi connectivity index (χ3v) is 4.48. The summed E-state index contributed by atoms with van der Waals surface area (Å²) in [4.78, 5) is 0. The molecule has 1 aromatic rings. The smallest absolute Gasteiger partial charge is 0.127 e. The largest absolute Gasteiger partial charge is 0.207 e. The van der Waals surface area contributed by atoms with Crippen molar-refractivity contribution in [3.63, 3.8) is 0 Å². The van der Waals surface area contributed by atoms with Crippen LogP contribution in [0.5, 0.6) is 0 Å². The molecule has 0 aliphatic rings. The molecule has 1 aromatic carbocycles. The summed E-state index contributed by atoms with van der Waals surface area (Å²) in [6.45, 7) is 4.30. The van der Waals surface area contributed by atoms with Gasteiger partial charge in [0.05, 0.1) is 0 Å². The molecule has 0 nitrogen and oxygen atoms in total. The molecule has 0 heterocycles. The van der Waals surface area contributed by atoms with Crippen LogP contribution in [0.25, 0.3) is 0 Å². The normalized spacial score (nSPS) is 14.5. The van der Waals surface area contributed by atoms with Crippen LogP contribution >= 0.6 is 23.2 Å². The van der Waals surface area contributed by atoms with Crippen LogP contribution in [0.1, 0.15) is 45.1 Å². The van der Waals surface area contributed by atoms with Gasteiger partial charge in [-0.2, -0.15) is 0 Å². The second-order valence-electron chi connectivity index (χ2n) is 5.00. The van der Waals surface area contributed by atoms with Gasteiger partial charge in [0.2, 0.25) is 0 Å². The van der Waals surface area contributed by atoms with Gasteiger partial charge < -0.3 is 0 Å². The van der Waals surface area contributed by atoms with Crippen molar-refractivity contribution in [2.75, 3.05) is 5.88 Å². The maximum Gasteiger partial charge on any atom is 0.127 e. The van der Waals surface area contributed by atoms with E-state index in [0.29, 0.717) is 17.3 Å². The van der Waals surface area contributed by atoms with E-state index in [1.165, 1.54) is 6.07 Å². The monoisotopic (exact) mass is 290 g/mol. The number of hydrogen-bond acceptors (Lipinski definition) is 0. The number of rotatable bonds is 7. The van der Waals surface area contributed by atoms with E-state index < -0.39 is 0 Å². The van der Waals surface area contributed by atoms with Crippen molar-refractivity contribution in [3.05, 3.63) is 34.6 Å². The highest BCUT2D eigenvalue weighted by Crippen LogP contribution is 2.35. The first kappa shape index (κ1) is 15.8. The van der Waals surface area contributed by atoms with Crippen LogP contribution in [-0.2, 0) is 6.42 Å². The van der Waals surface area contributed by atoms with Crippen LogP contribution < -0.4 is 0 Å². The highest BCUT2D eigenvalue weighted by atomic mass is 35.5. The molecule has 0 bridgehead atoms. The number of unbranched alkanes of at least 4 members (excludes halogenated alkanes) is 1. The lowest BCUT2D eigenvalue weighted by atomic mass is 9.77. The van der Waals surface area contributed by atoms with Crippen LogP contribution in [0, 0.1) is 11.2 Å². The van der Waals surface area contributed by atoms with Crippen molar-refractivity contribution in [1.29, 1.82) is 0 Å². The standard InChI is InChI=1S/C15H21Cl2F/c1-3-5-8-15(4-2,11-16)10-12-6-7-13(17)9-14(12)18/h6-7,9H,3-5,8,10-11H2,1-2H3. The molecule has 0 amide bonds. The molecule has 0 fully saturated rings. The van der Waals surface area contributed by atoms with E-state index in [2.05, 4.69) is 13.8 Å². The second kappa shape index (κ2) is 7.35. The minimum absolute atomic E-state index is 0.00619. The minimum Gasteiger partial charge on any atom is -0.207 e. The van der Waals surface area contributed by atoms with Crippen LogP contribution in [0.15, 0.2) is 18.2 Å². The van der Waals surface area contributed by atoms with Crippen molar-refractivity contribution >= 4 is 23.2 Å². The summed E-state index contributed by atoms with van der Waals surface area (Å²) < 4.78 is 13.8. The number of alkyl halides is 1. The quantitative estimate of drug-likeness (QED) is 0.553. The summed E-state index contributed by atoms with van der Waals surface area (Å²) in [7, 11) is 0. The van der Waals surface area contributed by atoms with Crippen molar-refractivity contribution in [1.82, 2.24) is 0 Å². The van der Waals surface area contributed by atoms with Crippen LogP contribution in [0.2, 0.25) is 5.02 Å². The first-order valence-electron chi connectivity index (χ1n) is 6.57. The van der Waals surface area contributed by atoms with Crippen molar-refractivity contribution in [2.24, 2.45) is 5.41 Å². The zero-order valence-electron chi connectivity index (χ0n) is 11.1. The first-order valence-corrected chi connectivity index (χ1v) is 7.48. The minimum atomic E-state index is -0.220. The van der Waals surface area contributed by atoms with E-state index in [9.17, 15) is 4.39 Å². The molecule has 0 aliphatic heterocycles. The first-order chi connectivity index (χ1) is 8.56. The third-order valence-electron chi connectivity index (χ3n) is 3.67. The molecule has 1 unspecified atom stereocenters. The molecule has 102 valence electrons. The fourth-order valence-corrected chi connectivity index (χ4v) is 2.80. The number of hydrogen-bond donors (Lipinski definition) is 0. The number of halogens is 3. The number of benzene rings is 1. The average molecular weight is 291 g/mol. The molecule has 0 aliphatic carbocycles. The van der Waals surface area contributed by atoms with Gasteiger partial charge in [-0.3, -0.25) is 0 Å². The highest BCUT2D eigenvalue weighted by Gasteiger charge is 2.28. The lowest BCUT2D eigenvalue weighted by Crippen LogP contribution is -2.25. The molecule has 1 rings (SSSR count). The fraction of sp³-hybridized carbons (Fsp3) is 0.600. The molecule has 1 atom stereocenters. The van der Waals surface area contributed by atoms with Gasteiger partial charge in [-0.05, 0) is 42.4 Å². The highest BCUT2D eigenvalue weighted by molar-refractivity contribution is 6.30. The van der Waals surface area contributed by atoms with Gasteiger partial charge in [0.15, 0.2) is 0 Å². The van der Waals surface area contributed by atoms with E-state index in [1.54, 1.807) is 12.1 Å². The predicted octanol–water partition coefficient (Wildman–Crippen LogP) is 5.85. The molecule has 0 saturated heterocycles. The van der Waals surface area contributed by atoms with Gasteiger partial charge in [-0.25, -0.2) is 4.39 Å². The van der Waals surface area contributed by atoms with Gasteiger partial charge in [0.1, 0.15) is 5.82 Å². The Bertz CT molecular complexity index is 373. The summed E-state index contributed by atoms with van der Waals surface area (Å²) in [5.74, 6) is 0.355. The van der Waals surface area contributed by atoms with E-state index >= 15 is 0 Å². The molecule has 18 heavy (non-hydrogen) atoms. The Morgan fingerprint density at radius 2 is 2.00 bits per heavy atom. The summed E-state index contributed by atoms with van der Waals surface area (Å²) in [6.07, 6.45) is 4.98. The molecule has 0 aromatic heterocycles. The molecule has 0 N–H and O–H groups in total. The van der Waals surface area contributed by atoms with Crippen LogP contribution in [0.3, 0.4) is 0 Å². The Labute approximate surface area is 119 Å². The van der Waals surface area contributed by atoms with Crippen LogP contribution in [0.4, 0.5) is 4.39 Å². The van der Waals surface area contributed by atoms with Crippen molar-refractivity contribution < 1.29 is 4.39 Å². The van der Waals surface area contributed by atoms with E-state index in [1.807, 2.05) is 0 Å². The van der Waals surface area contributed by atoms with Gasteiger partial charge >= 0.3 is 0 Å². The maximum atomic E-state index is 13.8.